The zero-order valence-corrected chi connectivity index (χ0v) is 15.6. The van der Waals surface area contributed by atoms with Gasteiger partial charge in [0.15, 0.2) is 0 Å². The first-order chi connectivity index (χ1) is 12.0. The molecule has 0 spiro atoms. The quantitative estimate of drug-likeness (QED) is 0.610. The number of nitrogens with one attached hydrogen (secondary N) is 1. The van der Waals surface area contributed by atoms with Crippen molar-refractivity contribution in [2.24, 2.45) is 0 Å². The molecule has 1 heterocycles. The normalized spacial score (nSPS) is 10.5. The molecule has 2 aromatic carbocycles. The minimum absolute atomic E-state index is 0.109. The van der Waals surface area contributed by atoms with E-state index in [4.69, 9.17) is 16.3 Å². The maximum atomic E-state index is 12.5. The summed E-state index contributed by atoms with van der Waals surface area (Å²) in [6.45, 7) is 4.40. The lowest BCUT2D eigenvalue weighted by atomic mass is 10.1. The summed E-state index contributed by atoms with van der Waals surface area (Å²) in [5.41, 5.74) is 4.01. The largest absolute Gasteiger partial charge is 0.487 e. The average Bonchev–Trinajstić information content (AvgIpc) is 3.07. The molecule has 3 rings (SSSR count). The van der Waals surface area contributed by atoms with Gasteiger partial charge in [-0.3, -0.25) is 4.79 Å². The van der Waals surface area contributed by atoms with Crippen molar-refractivity contribution in [2.45, 2.75) is 20.5 Å². The van der Waals surface area contributed by atoms with Crippen LogP contribution < -0.4 is 10.1 Å². The molecule has 0 saturated carbocycles. The minimum Gasteiger partial charge on any atom is -0.487 e. The van der Waals surface area contributed by atoms with Crippen LogP contribution in [0.5, 0.6) is 5.75 Å². The van der Waals surface area contributed by atoms with Crippen LogP contribution in [0.15, 0.2) is 53.9 Å². The molecule has 3 aromatic rings. The van der Waals surface area contributed by atoms with Crippen molar-refractivity contribution in [3.8, 4) is 5.75 Å². The maximum absolute atomic E-state index is 12.5. The lowest BCUT2D eigenvalue weighted by molar-refractivity contribution is 0.103. The zero-order chi connectivity index (χ0) is 17.8. The molecule has 0 atom stereocenters. The van der Waals surface area contributed by atoms with Crippen LogP contribution in [-0.4, -0.2) is 5.91 Å². The van der Waals surface area contributed by atoms with E-state index in [1.54, 1.807) is 6.07 Å². The molecule has 0 aliphatic heterocycles. The second-order valence-corrected chi connectivity index (χ2v) is 7.06. The smallest absolute Gasteiger partial charge is 0.265 e. The van der Waals surface area contributed by atoms with E-state index < -0.39 is 0 Å². The SMILES string of the molecule is Cc1cccc(NC(=O)c2cc(COc3ccccc3Cl)cs2)c1C. The molecule has 1 amide bonds. The van der Waals surface area contributed by atoms with Crippen LogP contribution >= 0.6 is 22.9 Å². The van der Waals surface area contributed by atoms with E-state index in [-0.39, 0.29) is 5.91 Å². The number of rotatable bonds is 5. The fourth-order valence-corrected chi connectivity index (χ4v) is 3.35. The van der Waals surface area contributed by atoms with Gasteiger partial charge in [0.2, 0.25) is 0 Å². The second kappa shape index (κ2) is 7.72. The fraction of sp³-hybridized carbons (Fsp3) is 0.150. The van der Waals surface area contributed by atoms with Gasteiger partial charge < -0.3 is 10.1 Å². The number of hydrogen-bond donors (Lipinski definition) is 1. The summed E-state index contributed by atoms with van der Waals surface area (Å²) in [5, 5.41) is 5.47. The molecule has 0 saturated heterocycles. The molecule has 3 nitrogen and oxygen atoms in total. The van der Waals surface area contributed by atoms with Crippen LogP contribution in [0.3, 0.4) is 0 Å². The molecule has 1 aromatic heterocycles. The molecule has 25 heavy (non-hydrogen) atoms. The number of anilines is 1. The molecule has 0 aliphatic rings. The molecule has 5 heteroatoms. The van der Waals surface area contributed by atoms with Crippen molar-refractivity contribution in [3.05, 3.63) is 80.5 Å². The van der Waals surface area contributed by atoms with E-state index in [0.29, 0.717) is 22.3 Å². The third-order valence-corrected chi connectivity index (χ3v) is 5.25. The molecule has 0 aliphatic carbocycles. The molecule has 1 N–H and O–H groups in total. The van der Waals surface area contributed by atoms with Crippen molar-refractivity contribution in [3.63, 3.8) is 0 Å². The van der Waals surface area contributed by atoms with Gasteiger partial charge in [-0.2, -0.15) is 0 Å². The molecular weight excluding hydrogens is 354 g/mol. The van der Waals surface area contributed by atoms with Crippen LogP contribution in [0.25, 0.3) is 0 Å². The summed E-state index contributed by atoms with van der Waals surface area (Å²) in [6.07, 6.45) is 0. The van der Waals surface area contributed by atoms with Crippen molar-refractivity contribution in [2.75, 3.05) is 5.32 Å². The van der Waals surface area contributed by atoms with Crippen molar-refractivity contribution in [1.82, 2.24) is 0 Å². The van der Waals surface area contributed by atoms with Gasteiger partial charge >= 0.3 is 0 Å². The Hall–Kier alpha value is -2.30. The van der Waals surface area contributed by atoms with Crippen LogP contribution in [0, 0.1) is 13.8 Å². The predicted octanol–water partition coefficient (Wildman–Crippen LogP) is 5.85. The molecule has 0 bridgehead atoms. The number of benzene rings is 2. The highest BCUT2D eigenvalue weighted by molar-refractivity contribution is 7.12. The van der Waals surface area contributed by atoms with Gasteiger partial charge in [-0.1, -0.05) is 35.9 Å². The summed E-state index contributed by atoms with van der Waals surface area (Å²) in [5.74, 6) is 0.527. The number of thiophene rings is 1. The first-order valence-electron chi connectivity index (χ1n) is 7.87. The number of aryl methyl sites for hydroxylation is 1. The number of halogens is 1. The molecule has 0 radical (unpaired) electrons. The lowest BCUT2D eigenvalue weighted by Gasteiger charge is -2.09. The molecular formula is C20H18ClNO2S. The van der Waals surface area contributed by atoms with Gasteiger partial charge in [-0.15, -0.1) is 11.3 Å². The molecule has 0 unspecified atom stereocenters. The number of carbonyl (C=O) groups excluding carboxylic acids is 1. The summed E-state index contributed by atoms with van der Waals surface area (Å²) in [4.78, 5) is 13.1. The first kappa shape index (κ1) is 17.5. The maximum Gasteiger partial charge on any atom is 0.265 e. The van der Waals surface area contributed by atoms with Gasteiger partial charge in [-0.25, -0.2) is 0 Å². The van der Waals surface area contributed by atoms with E-state index in [2.05, 4.69) is 5.32 Å². The van der Waals surface area contributed by atoms with E-state index in [9.17, 15) is 4.79 Å². The Morgan fingerprint density at radius 2 is 1.96 bits per heavy atom. The summed E-state index contributed by atoms with van der Waals surface area (Å²) >= 11 is 7.48. The van der Waals surface area contributed by atoms with Gasteiger partial charge in [0.05, 0.1) is 9.90 Å². The van der Waals surface area contributed by atoms with Gasteiger partial charge in [0, 0.05) is 11.3 Å². The Morgan fingerprint density at radius 1 is 1.16 bits per heavy atom. The topological polar surface area (TPSA) is 38.3 Å². The Morgan fingerprint density at radius 3 is 2.76 bits per heavy atom. The monoisotopic (exact) mass is 371 g/mol. The molecule has 128 valence electrons. The number of para-hydroxylation sites is 1. The van der Waals surface area contributed by atoms with Crippen molar-refractivity contribution >= 4 is 34.5 Å². The van der Waals surface area contributed by atoms with Crippen LogP contribution in [0.4, 0.5) is 5.69 Å². The third-order valence-electron chi connectivity index (χ3n) is 3.96. The van der Waals surface area contributed by atoms with Gasteiger partial charge in [0.1, 0.15) is 12.4 Å². The first-order valence-corrected chi connectivity index (χ1v) is 9.12. The number of ether oxygens (including phenoxy) is 1. The fourth-order valence-electron chi connectivity index (χ4n) is 2.36. The number of carbonyl (C=O) groups is 1. The average molecular weight is 372 g/mol. The van der Waals surface area contributed by atoms with Crippen LogP contribution in [0.2, 0.25) is 5.02 Å². The predicted molar refractivity (Wildman–Crippen MR) is 104 cm³/mol. The van der Waals surface area contributed by atoms with Crippen LogP contribution in [-0.2, 0) is 6.61 Å². The summed E-state index contributed by atoms with van der Waals surface area (Å²) < 4.78 is 5.71. The Kier molecular flexibility index (Phi) is 5.41. The van der Waals surface area contributed by atoms with Gasteiger partial charge in [-0.05, 0) is 54.6 Å². The lowest BCUT2D eigenvalue weighted by Crippen LogP contribution is -2.11. The van der Waals surface area contributed by atoms with E-state index in [1.807, 2.05) is 61.7 Å². The van der Waals surface area contributed by atoms with Crippen LogP contribution in [0.1, 0.15) is 26.4 Å². The minimum atomic E-state index is -0.109. The standard InChI is InChI=1S/C20H18ClNO2S/c1-13-6-5-8-17(14(13)2)22-20(23)19-10-15(12-25-19)11-24-18-9-4-3-7-16(18)21/h3-10,12H,11H2,1-2H3,(H,22,23). The summed E-state index contributed by atoms with van der Waals surface area (Å²) in [7, 11) is 0. The Balaban J connectivity index is 1.65. The van der Waals surface area contributed by atoms with Gasteiger partial charge in [0.25, 0.3) is 5.91 Å². The highest BCUT2D eigenvalue weighted by atomic mass is 35.5. The molecule has 0 fully saturated rings. The Labute approximate surface area is 156 Å². The Bertz CT molecular complexity index is 904. The number of amides is 1. The van der Waals surface area contributed by atoms with Crippen molar-refractivity contribution in [1.29, 1.82) is 0 Å². The highest BCUT2D eigenvalue weighted by Gasteiger charge is 2.12. The highest BCUT2D eigenvalue weighted by Crippen LogP contribution is 2.25. The van der Waals surface area contributed by atoms with Crippen molar-refractivity contribution < 1.29 is 9.53 Å². The van der Waals surface area contributed by atoms with E-state index >= 15 is 0 Å². The van der Waals surface area contributed by atoms with E-state index in [1.165, 1.54) is 11.3 Å². The second-order valence-electron chi connectivity index (χ2n) is 5.74. The zero-order valence-electron chi connectivity index (χ0n) is 14.0. The van der Waals surface area contributed by atoms with E-state index in [0.717, 1.165) is 22.4 Å². The number of hydrogen-bond acceptors (Lipinski definition) is 3. The third kappa shape index (κ3) is 4.21. The summed E-state index contributed by atoms with van der Waals surface area (Å²) in [6, 6.07) is 15.1.